The molecule has 0 spiro atoms. The zero-order valence-electron chi connectivity index (χ0n) is 18.6. The summed E-state index contributed by atoms with van der Waals surface area (Å²) in [6, 6.07) is 7.56. The summed E-state index contributed by atoms with van der Waals surface area (Å²) in [5.41, 5.74) is 0.829. The fraction of sp³-hybridized carbons (Fsp3) is 0.391. The van der Waals surface area contributed by atoms with E-state index in [2.05, 4.69) is 11.8 Å². The highest BCUT2D eigenvalue weighted by atomic mass is 19.2. The SMILES string of the molecule is [2H]C1([2H])CC(c2ccc(C#Cc3ccc(F)c(F)c3)c(F)c2)CC([2H])([2H])C1CCC. The third-order valence-corrected chi connectivity index (χ3v) is 4.52. The number of halogens is 3. The van der Waals surface area contributed by atoms with Crippen molar-refractivity contribution < 1.29 is 18.7 Å². The maximum atomic E-state index is 14.6. The molecule has 0 aliphatic heterocycles. The Labute approximate surface area is 159 Å². The number of hydrogen-bond donors (Lipinski definition) is 0. The molecule has 0 heterocycles. The zero-order valence-corrected chi connectivity index (χ0v) is 14.6. The van der Waals surface area contributed by atoms with Crippen LogP contribution in [0.4, 0.5) is 13.2 Å². The van der Waals surface area contributed by atoms with Crippen LogP contribution in [-0.4, -0.2) is 0 Å². The monoisotopic (exact) mass is 360 g/mol. The van der Waals surface area contributed by atoms with E-state index in [4.69, 9.17) is 5.48 Å². The van der Waals surface area contributed by atoms with Crippen LogP contribution in [0.15, 0.2) is 36.4 Å². The lowest BCUT2D eigenvalue weighted by molar-refractivity contribution is 0.308. The number of benzene rings is 2. The average Bonchev–Trinajstić information content (AvgIpc) is 2.65. The second-order valence-corrected chi connectivity index (χ2v) is 6.47. The average molecular weight is 360 g/mol. The molecule has 1 fully saturated rings. The van der Waals surface area contributed by atoms with Crippen molar-refractivity contribution in [2.75, 3.05) is 0 Å². The van der Waals surface area contributed by atoms with Crippen molar-refractivity contribution in [1.82, 2.24) is 0 Å². The van der Waals surface area contributed by atoms with Gasteiger partial charge in [0.15, 0.2) is 11.6 Å². The molecule has 1 saturated carbocycles. The van der Waals surface area contributed by atoms with Gasteiger partial charge in [-0.3, -0.25) is 0 Å². The van der Waals surface area contributed by atoms with Crippen molar-refractivity contribution in [3.8, 4) is 11.8 Å². The first-order chi connectivity index (χ1) is 14.0. The molecule has 3 heteroatoms. The van der Waals surface area contributed by atoms with Crippen molar-refractivity contribution in [3.05, 3.63) is 70.5 Å². The fourth-order valence-electron chi connectivity index (χ4n) is 3.04. The molecule has 3 rings (SSSR count). The second-order valence-electron chi connectivity index (χ2n) is 6.47. The highest BCUT2D eigenvalue weighted by molar-refractivity contribution is 5.44. The standard InChI is InChI=1S/C23H23F3/c1-2-3-16-4-8-18(9-5-16)20-12-11-19(22(25)15-20)10-6-17-7-13-21(24)23(26)14-17/h7,11-16,18H,2-5,8-9H2,1H3/i4D2,5D2. The third kappa shape index (κ3) is 4.49. The highest BCUT2D eigenvalue weighted by Crippen LogP contribution is 2.37. The molecule has 136 valence electrons. The van der Waals surface area contributed by atoms with E-state index in [0.29, 0.717) is 18.4 Å². The Morgan fingerprint density at radius 1 is 0.962 bits per heavy atom. The van der Waals surface area contributed by atoms with Gasteiger partial charge in [0.25, 0.3) is 0 Å². The molecule has 0 atom stereocenters. The summed E-state index contributed by atoms with van der Waals surface area (Å²) in [7, 11) is 0. The molecule has 0 amide bonds. The predicted molar refractivity (Wildman–Crippen MR) is 98.3 cm³/mol. The molecule has 0 aromatic heterocycles. The molecule has 0 N–H and O–H groups in total. The van der Waals surface area contributed by atoms with E-state index in [0.717, 1.165) is 12.1 Å². The van der Waals surface area contributed by atoms with Gasteiger partial charge in [-0.05, 0) is 73.3 Å². The van der Waals surface area contributed by atoms with Crippen LogP contribution in [0.5, 0.6) is 0 Å². The molecule has 0 unspecified atom stereocenters. The van der Waals surface area contributed by atoms with Gasteiger partial charge in [0, 0.05) is 11.0 Å². The first kappa shape index (κ1) is 13.9. The lowest BCUT2D eigenvalue weighted by Crippen LogP contribution is -2.13. The maximum absolute atomic E-state index is 14.6. The highest BCUT2D eigenvalue weighted by Gasteiger charge is 2.22. The Balaban J connectivity index is 1.84. The molecule has 0 bridgehead atoms. The van der Waals surface area contributed by atoms with Crippen molar-refractivity contribution in [3.63, 3.8) is 0 Å². The van der Waals surface area contributed by atoms with Gasteiger partial charge in [-0.15, -0.1) is 0 Å². The zero-order chi connectivity index (χ0) is 22.1. The molecular formula is C23H23F3. The molecule has 1 aliphatic carbocycles. The summed E-state index contributed by atoms with van der Waals surface area (Å²) in [6.07, 6.45) is -1.91. The Morgan fingerprint density at radius 3 is 2.38 bits per heavy atom. The van der Waals surface area contributed by atoms with Gasteiger partial charge in [0.2, 0.25) is 0 Å². The van der Waals surface area contributed by atoms with E-state index in [1.54, 1.807) is 6.07 Å². The van der Waals surface area contributed by atoms with Crippen LogP contribution >= 0.6 is 0 Å². The minimum atomic E-state index is -1.68. The molecule has 2 aromatic rings. The molecule has 2 aromatic carbocycles. The van der Waals surface area contributed by atoms with Crippen molar-refractivity contribution in [2.45, 2.75) is 51.3 Å². The van der Waals surface area contributed by atoms with Crippen LogP contribution in [0.25, 0.3) is 0 Å². The Kier molecular flexibility index (Phi) is 4.52. The van der Waals surface area contributed by atoms with Gasteiger partial charge in [0.1, 0.15) is 5.82 Å². The first-order valence-corrected chi connectivity index (χ1v) is 8.80. The van der Waals surface area contributed by atoms with E-state index in [1.165, 1.54) is 18.2 Å². The van der Waals surface area contributed by atoms with Crippen LogP contribution in [0.1, 0.15) is 73.4 Å². The van der Waals surface area contributed by atoms with Gasteiger partial charge in [0.05, 0.1) is 5.56 Å². The van der Waals surface area contributed by atoms with Gasteiger partial charge >= 0.3 is 0 Å². The lowest BCUT2D eigenvalue weighted by Gasteiger charge is -2.28. The topological polar surface area (TPSA) is 0 Å². The van der Waals surface area contributed by atoms with Crippen molar-refractivity contribution in [1.29, 1.82) is 0 Å². The molecule has 26 heavy (non-hydrogen) atoms. The van der Waals surface area contributed by atoms with Crippen molar-refractivity contribution in [2.24, 2.45) is 5.92 Å². The summed E-state index contributed by atoms with van der Waals surface area (Å²) in [5.74, 6) is 1.45. The molecule has 0 radical (unpaired) electrons. The van der Waals surface area contributed by atoms with Gasteiger partial charge in [-0.1, -0.05) is 37.7 Å². The number of hydrogen-bond acceptors (Lipinski definition) is 0. The largest absolute Gasteiger partial charge is 0.206 e. The number of rotatable bonds is 3. The van der Waals surface area contributed by atoms with Gasteiger partial charge in [-0.25, -0.2) is 13.2 Å². The van der Waals surface area contributed by atoms with Crippen LogP contribution in [0.3, 0.4) is 0 Å². The van der Waals surface area contributed by atoms with Crippen molar-refractivity contribution >= 4 is 0 Å². The van der Waals surface area contributed by atoms with Crippen LogP contribution in [-0.2, 0) is 0 Å². The smallest absolute Gasteiger partial charge is 0.160 e. The van der Waals surface area contributed by atoms with E-state index in [1.807, 2.05) is 6.92 Å². The van der Waals surface area contributed by atoms with E-state index >= 15 is 0 Å². The lowest BCUT2D eigenvalue weighted by atomic mass is 9.77. The summed E-state index contributed by atoms with van der Waals surface area (Å²) >= 11 is 0. The summed E-state index contributed by atoms with van der Waals surface area (Å²) in [6.45, 7) is 1.91. The summed E-state index contributed by atoms with van der Waals surface area (Å²) in [4.78, 5) is 0. The van der Waals surface area contributed by atoms with Gasteiger partial charge in [-0.2, -0.15) is 0 Å². The minimum absolute atomic E-state index is 0.0779. The van der Waals surface area contributed by atoms with Crippen LogP contribution in [0.2, 0.25) is 0 Å². The normalized spacial score (nSPS) is 25.8. The summed E-state index contributed by atoms with van der Waals surface area (Å²) < 4.78 is 74.3. The quantitative estimate of drug-likeness (QED) is 0.543. The predicted octanol–water partition coefficient (Wildman–Crippen LogP) is 6.58. The molecule has 1 aliphatic rings. The van der Waals surface area contributed by atoms with Gasteiger partial charge < -0.3 is 0 Å². The van der Waals surface area contributed by atoms with E-state index in [-0.39, 0.29) is 24.0 Å². The molecule has 0 nitrogen and oxygen atoms in total. The first-order valence-electron chi connectivity index (χ1n) is 10.8. The van der Waals surface area contributed by atoms with Crippen LogP contribution < -0.4 is 0 Å². The Hall–Kier alpha value is -2.21. The Bertz CT molecular complexity index is 974. The van der Waals surface area contributed by atoms with E-state index in [9.17, 15) is 13.2 Å². The van der Waals surface area contributed by atoms with Crippen LogP contribution in [0, 0.1) is 35.2 Å². The Morgan fingerprint density at radius 2 is 1.73 bits per heavy atom. The second kappa shape index (κ2) is 8.45. The third-order valence-electron chi connectivity index (χ3n) is 4.52. The van der Waals surface area contributed by atoms with E-state index < -0.39 is 42.0 Å². The maximum Gasteiger partial charge on any atom is 0.160 e. The molecular weight excluding hydrogens is 333 g/mol. The molecule has 0 saturated heterocycles. The minimum Gasteiger partial charge on any atom is -0.206 e. The summed E-state index contributed by atoms with van der Waals surface area (Å²) in [5, 5.41) is 0. The fourth-order valence-corrected chi connectivity index (χ4v) is 3.04.